The summed E-state index contributed by atoms with van der Waals surface area (Å²) in [6.45, 7) is 2.76. The Morgan fingerprint density at radius 2 is 1.33 bits per heavy atom. The summed E-state index contributed by atoms with van der Waals surface area (Å²) in [7, 11) is 0. The highest BCUT2D eigenvalue weighted by Gasteiger charge is 2.74. The smallest absolute Gasteiger partial charge is 0.199 e. The quantitative estimate of drug-likeness (QED) is 0.165. The molecule has 0 aromatic heterocycles. The van der Waals surface area contributed by atoms with Crippen LogP contribution in [0.15, 0.2) is 0 Å². The van der Waals surface area contributed by atoms with Crippen molar-refractivity contribution in [2.24, 2.45) is 5.92 Å². The lowest BCUT2D eigenvalue weighted by Gasteiger charge is -2.34. The molecule has 0 bridgehead atoms. The third kappa shape index (κ3) is 5.42. The summed E-state index contributed by atoms with van der Waals surface area (Å²) in [4.78, 5) is 0. The monoisotopic (exact) mass is 436 g/mol. The molecule has 0 aromatic rings. The normalized spacial score (nSPS) is 16.9. The van der Waals surface area contributed by atoms with E-state index in [0.29, 0.717) is 6.42 Å². The minimum atomic E-state index is -6.25. The van der Waals surface area contributed by atoms with Crippen molar-refractivity contribution in [1.82, 2.24) is 0 Å². The van der Waals surface area contributed by atoms with Gasteiger partial charge in [-0.3, -0.25) is 0 Å². The van der Waals surface area contributed by atoms with Crippen LogP contribution in [0.25, 0.3) is 0 Å². The Morgan fingerprint density at radius 3 is 1.76 bits per heavy atom. The molecule has 0 aliphatic heterocycles. The van der Waals surface area contributed by atoms with E-state index in [1.54, 1.807) is 22.6 Å². The molecular formula is C13H20F7I. The standard InChI is InChI=1S/C13H20F7I/c1-3-4-5-6-7-8-10(21)9(2)11(14,15)12(16,17)13(18,19)20/h9-10H,3-8H2,1-2H3. The van der Waals surface area contributed by atoms with Gasteiger partial charge in [-0.1, -0.05) is 68.5 Å². The number of hydrogen-bond acceptors (Lipinski definition) is 0. The van der Waals surface area contributed by atoms with E-state index in [1.807, 2.05) is 6.92 Å². The highest BCUT2D eigenvalue weighted by Crippen LogP contribution is 2.51. The number of alkyl halides is 8. The zero-order chi connectivity index (χ0) is 16.9. The van der Waals surface area contributed by atoms with Crippen molar-refractivity contribution in [2.45, 2.75) is 74.3 Å². The van der Waals surface area contributed by atoms with Gasteiger partial charge in [0.15, 0.2) is 0 Å². The zero-order valence-corrected chi connectivity index (χ0v) is 14.1. The van der Waals surface area contributed by atoms with Crippen LogP contribution in [0.1, 0.15) is 52.4 Å². The zero-order valence-electron chi connectivity index (χ0n) is 11.9. The van der Waals surface area contributed by atoms with Gasteiger partial charge < -0.3 is 0 Å². The van der Waals surface area contributed by atoms with E-state index in [4.69, 9.17) is 0 Å². The molecule has 0 aliphatic rings. The molecule has 0 aromatic carbocycles. The predicted molar refractivity (Wildman–Crippen MR) is 76.3 cm³/mol. The first-order valence-corrected chi connectivity index (χ1v) is 8.10. The molecule has 0 spiro atoms. The van der Waals surface area contributed by atoms with Crippen molar-refractivity contribution in [2.75, 3.05) is 0 Å². The van der Waals surface area contributed by atoms with Gasteiger partial charge >= 0.3 is 18.0 Å². The van der Waals surface area contributed by atoms with Gasteiger partial charge in [-0.2, -0.15) is 30.7 Å². The Bertz CT molecular complexity index is 301. The maximum atomic E-state index is 13.5. The maximum absolute atomic E-state index is 13.5. The average molecular weight is 436 g/mol. The Kier molecular flexibility index (Phi) is 8.29. The first-order chi connectivity index (χ1) is 9.39. The fraction of sp³-hybridized carbons (Fsp3) is 1.00. The van der Waals surface area contributed by atoms with E-state index < -0.39 is 27.9 Å². The summed E-state index contributed by atoms with van der Waals surface area (Å²) in [6.07, 6.45) is -1.84. The lowest BCUT2D eigenvalue weighted by Crippen LogP contribution is -2.56. The van der Waals surface area contributed by atoms with Gasteiger partial charge in [0.2, 0.25) is 0 Å². The van der Waals surface area contributed by atoms with Gasteiger partial charge in [0.1, 0.15) is 0 Å². The molecule has 8 heteroatoms. The van der Waals surface area contributed by atoms with E-state index in [2.05, 4.69) is 0 Å². The molecule has 0 saturated heterocycles. The summed E-state index contributed by atoms with van der Waals surface area (Å²) in [5.74, 6) is -13.2. The van der Waals surface area contributed by atoms with Gasteiger partial charge in [-0.15, -0.1) is 0 Å². The second kappa shape index (κ2) is 8.19. The molecule has 0 nitrogen and oxygen atoms in total. The second-order valence-corrected chi connectivity index (χ2v) is 6.80. The van der Waals surface area contributed by atoms with Crippen molar-refractivity contribution >= 4 is 22.6 Å². The topological polar surface area (TPSA) is 0 Å². The number of unbranched alkanes of at least 4 members (excludes halogenated alkanes) is 4. The number of rotatable bonds is 9. The van der Waals surface area contributed by atoms with Crippen molar-refractivity contribution in [3.8, 4) is 0 Å². The molecule has 0 fully saturated rings. The van der Waals surface area contributed by atoms with Crippen LogP contribution in [0.5, 0.6) is 0 Å². The molecule has 2 atom stereocenters. The van der Waals surface area contributed by atoms with E-state index >= 15 is 0 Å². The minimum Gasteiger partial charge on any atom is -0.199 e. The van der Waals surface area contributed by atoms with Crippen LogP contribution < -0.4 is 0 Å². The SMILES string of the molecule is CCCCCCCC(I)C(C)C(F)(F)C(F)(F)C(F)(F)F. The molecule has 21 heavy (non-hydrogen) atoms. The molecule has 0 aliphatic carbocycles. The van der Waals surface area contributed by atoms with Crippen molar-refractivity contribution < 1.29 is 30.7 Å². The van der Waals surface area contributed by atoms with Crippen molar-refractivity contribution in [3.63, 3.8) is 0 Å². The Balaban J connectivity index is 4.63. The van der Waals surface area contributed by atoms with Gasteiger partial charge in [0, 0.05) is 9.84 Å². The van der Waals surface area contributed by atoms with Crippen LogP contribution in [0, 0.1) is 5.92 Å². The van der Waals surface area contributed by atoms with Crippen molar-refractivity contribution in [1.29, 1.82) is 0 Å². The predicted octanol–water partition coefficient (Wildman–Crippen LogP) is 6.62. The first kappa shape index (κ1) is 21.2. The third-order valence-electron chi connectivity index (χ3n) is 3.47. The van der Waals surface area contributed by atoms with Crippen LogP contribution >= 0.6 is 22.6 Å². The van der Waals surface area contributed by atoms with Gasteiger partial charge in [0.25, 0.3) is 0 Å². The molecule has 0 saturated carbocycles. The van der Waals surface area contributed by atoms with E-state index in [1.165, 1.54) is 0 Å². The average Bonchev–Trinajstić information content (AvgIpc) is 2.35. The molecule has 128 valence electrons. The molecule has 0 radical (unpaired) electrons. The Morgan fingerprint density at radius 1 is 0.857 bits per heavy atom. The molecular weight excluding hydrogens is 416 g/mol. The minimum absolute atomic E-state index is 0.203. The van der Waals surface area contributed by atoms with Crippen LogP contribution in [-0.2, 0) is 0 Å². The highest BCUT2D eigenvalue weighted by atomic mass is 127. The maximum Gasteiger partial charge on any atom is 0.459 e. The molecule has 0 rings (SSSR count). The van der Waals surface area contributed by atoms with Crippen LogP contribution in [-0.4, -0.2) is 21.9 Å². The molecule has 2 unspecified atom stereocenters. The lowest BCUT2D eigenvalue weighted by atomic mass is 9.91. The lowest BCUT2D eigenvalue weighted by molar-refractivity contribution is -0.364. The Hall–Kier alpha value is 0.240. The fourth-order valence-corrected chi connectivity index (χ4v) is 2.79. The van der Waals surface area contributed by atoms with Crippen LogP contribution in [0.3, 0.4) is 0 Å². The van der Waals surface area contributed by atoms with E-state index in [-0.39, 0.29) is 6.42 Å². The number of hydrogen-bond donors (Lipinski definition) is 0. The summed E-state index contributed by atoms with van der Waals surface area (Å²) < 4.78 is 88.2. The van der Waals surface area contributed by atoms with Crippen molar-refractivity contribution in [3.05, 3.63) is 0 Å². The summed E-state index contributed by atoms with van der Waals surface area (Å²) in [5, 5.41) is 0. The summed E-state index contributed by atoms with van der Waals surface area (Å²) in [6, 6.07) is 0. The largest absolute Gasteiger partial charge is 0.459 e. The van der Waals surface area contributed by atoms with Crippen LogP contribution in [0.4, 0.5) is 30.7 Å². The molecule has 0 N–H and O–H groups in total. The van der Waals surface area contributed by atoms with E-state index in [0.717, 1.165) is 32.6 Å². The van der Waals surface area contributed by atoms with Gasteiger partial charge in [-0.25, -0.2) is 0 Å². The fourth-order valence-electron chi connectivity index (χ4n) is 1.89. The summed E-state index contributed by atoms with van der Waals surface area (Å²) in [5.41, 5.74) is 0. The highest BCUT2D eigenvalue weighted by molar-refractivity contribution is 14.1. The van der Waals surface area contributed by atoms with Gasteiger partial charge in [0.05, 0.1) is 0 Å². The summed E-state index contributed by atoms with van der Waals surface area (Å²) >= 11 is 1.54. The number of halogens is 8. The second-order valence-electron chi connectivity index (χ2n) is 5.20. The molecule has 0 amide bonds. The first-order valence-electron chi connectivity index (χ1n) is 6.86. The third-order valence-corrected chi connectivity index (χ3v) is 5.17. The van der Waals surface area contributed by atoms with Crippen LogP contribution in [0.2, 0.25) is 0 Å². The molecule has 0 heterocycles. The van der Waals surface area contributed by atoms with Gasteiger partial charge in [-0.05, 0) is 6.42 Å². The Labute approximate surface area is 134 Å². The van der Waals surface area contributed by atoms with E-state index in [9.17, 15) is 30.7 Å².